The molecule has 3 heterocycles. The monoisotopic (exact) mass is 428 g/mol. The predicted octanol–water partition coefficient (Wildman–Crippen LogP) is 4.99. The molecular weight excluding hydrogens is 408 g/mol. The second-order valence-electron chi connectivity index (χ2n) is 7.05. The summed E-state index contributed by atoms with van der Waals surface area (Å²) in [5, 5.41) is 12.1. The van der Waals surface area contributed by atoms with Crippen molar-refractivity contribution in [1.82, 2.24) is 14.8 Å². The highest BCUT2D eigenvalue weighted by atomic mass is 16.5. The van der Waals surface area contributed by atoms with Gasteiger partial charge in [0.1, 0.15) is 12.3 Å². The summed E-state index contributed by atoms with van der Waals surface area (Å²) in [6, 6.07) is 18.6. The van der Waals surface area contributed by atoms with Gasteiger partial charge in [-0.2, -0.15) is 0 Å². The summed E-state index contributed by atoms with van der Waals surface area (Å²) in [5.74, 6) is 1.62. The van der Waals surface area contributed by atoms with E-state index in [2.05, 4.69) is 15.5 Å². The second-order valence-corrected chi connectivity index (χ2v) is 7.05. The average Bonchev–Trinajstić information content (AvgIpc) is 3.55. The molecule has 0 aliphatic heterocycles. The van der Waals surface area contributed by atoms with Crippen LogP contribution in [0.15, 0.2) is 82.0 Å². The summed E-state index contributed by atoms with van der Waals surface area (Å²) in [6.07, 6.45) is 3.39. The number of nitrogens with one attached hydrogen (secondary N) is 1. The molecule has 0 bridgehead atoms. The maximum absolute atomic E-state index is 12.8. The molecule has 0 spiro atoms. The Morgan fingerprint density at radius 3 is 2.69 bits per heavy atom. The lowest BCUT2D eigenvalue weighted by Gasteiger charge is -2.12. The Morgan fingerprint density at radius 1 is 1.03 bits per heavy atom. The summed E-state index contributed by atoms with van der Waals surface area (Å²) < 4.78 is 18.6. The molecule has 0 atom stereocenters. The van der Waals surface area contributed by atoms with Crippen LogP contribution >= 0.6 is 0 Å². The molecule has 5 rings (SSSR count). The van der Waals surface area contributed by atoms with E-state index < -0.39 is 0 Å². The molecule has 0 fully saturated rings. The SMILES string of the molecule is CCOc1ccccc1NC(=O)Cn1cc(-c2nnc(-c3ccco3)o2)c2ccccc21. The minimum Gasteiger partial charge on any atom is -0.492 e. The van der Waals surface area contributed by atoms with Crippen LogP contribution in [0.3, 0.4) is 0 Å². The topological polar surface area (TPSA) is 95.3 Å². The van der Waals surface area contributed by atoms with E-state index in [0.717, 1.165) is 16.5 Å². The van der Waals surface area contributed by atoms with Gasteiger partial charge < -0.3 is 23.5 Å². The normalized spacial score (nSPS) is 11.0. The number of para-hydroxylation sites is 3. The van der Waals surface area contributed by atoms with Crippen LogP contribution in [0.4, 0.5) is 5.69 Å². The molecule has 160 valence electrons. The smallest absolute Gasteiger partial charge is 0.283 e. The molecule has 8 heteroatoms. The molecule has 3 aromatic heterocycles. The number of hydrogen-bond donors (Lipinski definition) is 1. The van der Waals surface area contributed by atoms with E-state index in [0.29, 0.717) is 35.6 Å². The number of aromatic nitrogens is 3. The lowest BCUT2D eigenvalue weighted by molar-refractivity contribution is -0.116. The van der Waals surface area contributed by atoms with Gasteiger partial charge in [0.25, 0.3) is 5.89 Å². The number of nitrogens with zero attached hydrogens (tertiary/aromatic N) is 3. The van der Waals surface area contributed by atoms with Crippen molar-refractivity contribution in [2.45, 2.75) is 13.5 Å². The second kappa shape index (κ2) is 8.43. The minimum atomic E-state index is -0.175. The Labute approximate surface area is 183 Å². The van der Waals surface area contributed by atoms with Crippen LogP contribution in [0.1, 0.15) is 6.92 Å². The highest BCUT2D eigenvalue weighted by Crippen LogP contribution is 2.32. The first-order valence-electron chi connectivity index (χ1n) is 10.2. The highest BCUT2D eigenvalue weighted by Gasteiger charge is 2.19. The van der Waals surface area contributed by atoms with Gasteiger partial charge >= 0.3 is 0 Å². The molecule has 8 nitrogen and oxygen atoms in total. The maximum Gasteiger partial charge on any atom is 0.283 e. The van der Waals surface area contributed by atoms with E-state index in [-0.39, 0.29) is 12.5 Å². The number of ether oxygens (including phenoxy) is 1. The molecule has 0 radical (unpaired) electrons. The number of hydrogen-bond acceptors (Lipinski definition) is 6. The van der Waals surface area contributed by atoms with Gasteiger partial charge in [-0.15, -0.1) is 10.2 Å². The Bertz CT molecular complexity index is 1370. The zero-order valence-corrected chi connectivity index (χ0v) is 17.3. The molecule has 0 aliphatic rings. The molecule has 2 aromatic carbocycles. The number of benzene rings is 2. The molecule has 0 saturated carbocycles. The summed E-state index contributed by atoms with van der Waals surface area (Å²) in [4.78, 5) is 12.8. The van der Waals surface area contributed by atoms with Crippen LogP contribution in [0, 0.1) is 0 Å². The van der Waals surface area contributed by atoms with Crippen LogP contribution in [-0.2, 0) is 11.3 Å². The van der Waals surface area contributed by atoms with E-state index >= 15 is 0 Å². The van der Waals surface area contributed by atoms with Crippen molar-refractivity contribution in [2.75, 3.05) is 11.9 Å². The van der Waals surface area contributed by atoms with Crippen LogP contribution < -0.4 is 10.1 Å². The average molecular weight is 428 g/mol. The molecule has 32 heavy (non-hydrogen) atoms. The molecule has 0 unspecified atom stereocenters. The third-order valence-electron chi connectivity index (χ3n) is 4.95. The fourth-order valence-electron chi connectivity index (χ4n) is 3.58. The number of carbonyl (C=O) groups excluding carboxylic acids is 1. The number of furan rings is 1. The third kappa shape index (κ3) is 3.74. The van der Waals surface area contributed by atoms with Crippen LogP contribution in [0.2, 0.25) is 0 Å². The van der Waals surface area contributed by atoms with Gasteiger partial charge in [0.2, 0.25) is 11.8 Å². The van der Waals surface area contributed by atoms with Gasteiger partial charge in [0.15, 0.2) is 5.76 Å². The zero-order valence-electron chi connectivity index (χ0n) is 17.3. The number of rotatable bonds is 7. The van der Waals surface area contributed by atoms with Gasteiger partial charge in [-0.05, 0) is 37.3 Å². The first-order chi connectivity index (χ1) is 15.7. The van der Waals surface area contributed by atoms with Crippen molar-refractivity contribution in [3.63, 3.8) is 0 Å². The quantitative estimate of drug-likeness (QED) is 0.392. The van der Waals surface area contributed by atoms with Crippen molar-refractivity contribution in [1.29, 1.82) is 0 Å². The fourth-order valence-corrected chi connectivity index (χ4v) is 3.58. The van der Waals surface area contributed by atoms with E-state index in [1.165, 1.54) is 0 Å². The Kier molecular flexibility index (Phi) is 5.17. The number of amides is 1. The summed E-state index contributed by atoms with van der Waals surface area (Å²) in [5.41, 5.74) is 2.26. The lowest BCUT2D eigenvalue weighted by atomic mass is 10.2. The van der Waals surface area contributed by atoms with Crippen LogP contribution in [-0.4, -0.2) is 27.3 Å². The number of fused-ring (bicyclic) bond motifs is 1. The standard InChI is InChI=1S/C24H20N4O4/c1-2-30-20-11-6-4-9-18(20)25-22(29)15-28-14-17(16-8-3-5-10-19(16)28)23-26-27-24(32-23)21-12-7-13-31-21/h3-14H,2,15H2,1H3,(H,25,29). The van der Waals surface area contributed by atoms with E-state index in [4.69, 9.17) is 13.6 Å². The number of carbonyl (C=O) groups is 1. The van der Waals surface area contributed by atoms with Gasteiger partial charge in [-0.25, -0.2) is 0 Å². The Hall–Kier alpha value is -4.33. The summed E-state index contributed by atoms with van der Waals surface area (Å²) in [6.45, 7) is 2.53. The fraction of sp³-hybridized carbons (Fsp3) is 0.125. The van der Waals surface area contributed by atoms with Crippen LogP contribution in [0.5, 0.6) is 5.75 Å². The van der Waals surface area contributed by atoms with Gasteiger partial charge in [0.05, 0.1) is 24.1 Å². The summed E-state index contributed by atoms with van der Waals surface area (Å²) in [7, 11) is 0. The molecule has 0 aliphatic carbocycles. The van der Waals surface area contributed by atoms with Gasteiger partial charge in [-0.3, -0.25) is 4.79 Å². The summed E-state index contributed by atoms with van der Waals surface area (Å²) >= 11 is 0. The van der Waals surface area contributed by atoms with E-state index in [9.17, 15) is 4.79 Å². The highest BCUT2D eigenvalue weighted by molar-refractivity contribution is 5.97. The molecule has 0 saturated heterocycles. The Morgan fingerprint density at radius 2 is 1.84 bits per heavy atom. The van der Waals surface area contributed by atoms with Crippen molar-refractivity contribution in [2.24, 2.45) is 0 Å². The molecular formula is C24H20N4O4. The third-order valence-corrected chi connectivity index (χ3v) is 4.95. The van der Waals surface area contributed by atoms with E-state index in [1.54, 1.807) is 18.4 Å². The van der Waals surface area contributed by atoms with E-state index in [1.807, 2.05) is 66.2 Å². The van der Waals surface area contributed by atoms with Crippen molar-refractivity contribution < 1.29 is 18.4 Å². The van der Waals surface area contributed by atoms with Crippen molar-refractivity contribution in [3.8, 4) is 28.9 Å². The predicted molar refractivity (Wildman–Crippen MR) is 119 cm³/mol. The molecule has 1 N–H and O–H groups in total. The van der Waals surface area contributed by atoms with Crippen molar-refractivity contribution >= 4 is 22.5 Å². The molecule has 1 amide bonds. The maximum atomic E-state index is 12.8. The van der Waals surface area contributed by atoms with Crippen LogP contribution in [0.25, 0.3) is 34.0 Å². The largest absolute Gasteiger partial charge is 0.492 e. The minimum absolute atomic E-state index is 0.111. The first kappa shape index (κ1) is 19.6. The zero-order chi connectivity index (χ0) is 21.9. The van der Waals surface area contributed by atoms with Gasteiger partial charge in [0, 0.05) is 17.1 Å². The van der Waals surface area contributed by atoms with Crippen molar-refractivity contribution in [3.05, 3.63) is 73.1 Å². The molecule has 5 aromatic rings. The number of anilines is 1. The first-order valence-corrected chi connectivity index (χ1v) is 10.2. The van der Waals surface area contributed by atoms with Gasteiger partial charge in [-0.1, -0.05) is 30.3 Å². The Balaban J connectivity index is 1.44. The lowest BCUT2D eigenvalue weighted by Crippen LogP contribution is -2.18.